The summed E-state index contributed by atoms with van der Waals surface area (Å²) >= 11 is 0. The predicted molar refractivity (Wildman–Crippen MR) is 88.9 cm³/mol. The topological polar surface area (TPSA) is 70.6 Å². The third-order valence-corrected chi connectivity index (χ3v) is 4.35. The van der Waals surface area contributed by atoms with Gasteiger partial charge in [-0.25, -0.2) is 4.79 Å². The molecule has 3 atom stereocenters. The number of nitrogens with one attached hydrogen (secondary N) is 2. The van der Waals surface area contributed by atoms with E-state index in [9.17, 15) is 4.79 Å². The van der Waals surface area contributed by atoms with Crippen LogP contribution < -0.4 is 10.6 Å². The number of ether oxygens (including phenoxy) is 1. The van der Waals surface area contributed by atoms with Gasteiger partial charge < -0.3 is 20.5 Å². The van der Waals surface area contributed by atoms with Crippen LogP contribution in [0.2, 0.25) is 0 Å². The molecule has 0 saturated heterocycles. The third-order valence-electron chi connectivity index (χ3n) is 4.35. The fourth-order valence-corrected chi connectivity index (χ4v) is 3.03. The normalized spacial score (nSPS) is 23.3. The number of carbonyl (C=O) groups excluding carboxylic acids is 1. The van der Waals surface area contributed by atoms with Crippen molar-refractivity contribution in [1.82, 2.24) is 10.6 Å². The van der Waals surface area contributed by atoms with Gasteiger partial charge in [-0.15, -0.1) is 0 Å². The smallest absolute Gasteiger partial charge is 0.407 e. The van der Waals surface area contributed by atoms with Crippen LogP contribution in [-0.4, -0.2) is 42.5 Å². The van der Waals surface area contributed by atoms with Crippen LogP contribution in [0.1, 0.15) is 59.8 Å². The number of aliphatic hydroxyl groups is 1. The molecule has 5 heteroatoms. The molecule has 1 saturated carbocycles. The molecule has 1 aliphatic carbocycles. The van der Waals surface area contributed by atoms with E-state index in [1.807, 2.05) is 20.8 Å². The SMILES string of the molecule is CCC(CCO)CNC1CCCC1CNC(=O)OC(C)(C)C. The first-order valence-electron chi connectivity index (χ1n) is 8.66. The summed E-state index contributed by atoms with van der Waals surface area (Å²) in [6.07, 6.45) is 5.12. The van der Waals surface area contributed by atoms with Gasteiger partial charge in [0.2, 0.25) is 0 Å². The van der Waals surface area contributed by atoms with Gasteiger partial charge in [0.1, 0.15) is 5.60 Å². The summed E-state index contributed by atoms with van der Waals surface area (Å²) in [5.74, 6) is 1.00. The molecule has 22 heavy (non-hydrogen) atoms. The number of aliphatic hydroxyl groups excluding tert-OH is 1. The molecule has 0 bridgehead atoms. The minimum Gasteiger partial charge on any atom is -0.444 e. The van der Waals surface area contributed by atoms with Crippen LogP contribution in [-0.2, 0) is 4.74 Å². The average Bonchev–Trinajstić information content (AvgIpc) is 2.86. The second-order valence-electron chi connectivity index (χ2n) is 7.38. The largest absolute Gasteiger partial charge is 0.444 e. The second kappa shape index (κ2) is 9.36. The van der Waals surface area contributed by atoms with E-state index in [4.69, 9.17) is 9.84 Å². The zero-order chi connectivity index (χ0) is 16.6. The molecular weight excluding hydrogens is 280 g/mol. The summed E-state index contributed by atoms with van der Waals surface area (Å²) in [5, 5.41) is 15.6. The standard InChI is InChI=1S/C17H34N2O3/c1-5-13(9-10-20)11-18-15-8-6-7-14(15)12-19-16(21)22-17(2,3)4/h13-15,18,20H,5-12H2,1-4H3,(H,19,21). The lowest BCUT2D eigenvalue weighted by molar-refractivity contribution is 0.0517. The first-order chi connectivity index (χ1) is 10.4. The molecule has 130 valence electrons. The zero-order valence-corrected chi connectivity index (χ0v) is 14.7. The van der Waals surface area contributed by atoms with Gasteiger partial charge in [0, 0.05) is 19.2 Å². The Bertz CT molecular complexity index is 328. The summed E-state index contributed by atoms with van der Waals surface area (Å²) in [6, 6.07) is 0.461. The molecular formula is C17H34N2O3. The molecule has 0 aromatic carbocycles. The van der Waals surface area contributed by atoms with Crippen LogP contribution in [0.5, 0.6) is 0 Å². The van der Waals surface area contributed by atoms with E-state index in [0.717, 1.165) is 32.2 Å². The van der Waals surface area contributed by atoms with Gasteiger partial charge in [-0.2, -0.15) is 0 Å². The number of amides is 1. The van der Waals surface area contributed by atoms with Crippen LogP contribution in [0, 0.1) is 11.8 Å². The van der Waals surface area contributed by atoms with Crippen LogP contribution in [0.25, 0.3) is 0 Å². The molecule has 0 radical (unpaired) electrons. The molecule has 1 rings (SSSR count). The molecule has 0 aliphatic heterocycles. The molecule has 0 aromatic rings. The lowest BCUT2D eigenvalue weighted by atomic mass is 10.00. The molecule has 3 N–H and O–H groups in total. The Morgan fingerprint density at radius 3 is 2.68 bits per heavy atom. The van der Waals surface area contributed by atoms with E-state index in [-0.39, 0.29) is 12.7 Å². The third kappa shape index (κ3) is 7.45. The Labute approximate surface area is 135 Å². The van der Waals surface area contributed by atoms with Crippen molar-refractivity contribution in [3.05, 3.63) is 0 Å². The fraction of sp³-hybridized carbons (Fsp3) is 0.941. The number of rotatable bonds is 8. The lowest BCUT2D eigenvalue weighted by Crippen LogP contribution is -2.42. The highest BCUT2D eigenvalue weighted by molar-refractivity contribution is 5.67. The van der Waals surface area contributed by atoms with Gasteiger partial charge in [-0.3, -0.25) is 0 Å². The summed E-state index contributed by atoms with van der Waals surface area (Å²) in [4.78, 5) is 11.7. The van der Waals surface area contributed by atoms with Crippen molar-refractivity contribution in [3.63, 3.8) is 0 Å². The molecule has 0 heterocycles. The van der Waals surface area contributed by atoms with Crippen LogP contribution in [0.15, 0.2) is 0 Å². The summed E-state index contributed by atoms with van der Waals surface area (Å²) in [6.45, 7) is 9.66. The first kappa shape index (κ1) is 19.2. The maximum Gasteiger partial charge on any atom is 0.407 e. The Morgan fingerprint density at radius 1 is 1.36 bits per heavy atom. The molecule has 3 unspecified atom stereocenters. The van der Waals surface area contributed by atoms with E-state index < -0.39 is 5.60 Å². The number of hydrogen-bond acceptors (Lipinski definition) is 4. The Morgan fingerprint density at radius 2 is 2.09 bits per heavy atom. The monoisotopic (exact) mass is 314 g/mol. The van der Waals surface area contributed by atoms with Crippen molar-refractivity contribution in [3.8, 4) is 0 Å². The van der Waals surface area contributed by atoms with Crippen molar-refractivity contribution < 1.29 is 14.6 Å². The highest BCUT2D eigenvalue weighted by Crippen LogP contribution is 2.25. The van der Waals surface area contributed by atoms with Crippen LogP contribution in [0.4, 0.5) is 4.79 Å². The van der Waals surface area contributed by atoms with Crippen molar-refractivity contribution in [1.29, 1.82) is 0 Å². The summed E-state index contributed by atoms with van der Waals surface area (Å²) < 4.78 is 5.28. The quantitative estimate of drug-likeness (QED) is 0.644. The Balaban J connectivity index is 2.32. The number of hydrogen-bond donors (Lipinski definition) is 3. The summed E-state index contributed by atoms with van der Waals surface area (Å²) in [5.41, 5.74) is -0.448. The minimum absolute atomic E-state index is 0.258. The average molecular weight is 314 g/mol. The molecule has 1 amide bonds. The maximum atomic E-state index is 11.7. The van der Waals surface area contributed by atoms with E-state index >= 15 is 0 Å². The van der Waals surface area contributed by atoms with Crippen molar-refractivity contribution in [2.24, 2.45) is 11.8 Å². The Kier molecular flexibility index (Phi) is 8.18. The molecule has 1 aliphatic rings. The van der Waals surface area contributed by atoms with Gasteiger partial charge in [-0.05, 0) is 58.4 Å². The zero-order valence-electron chi connectivity index (χ0n) is 14.7. The van der Waals surface area contributed by atoms with E-state index in [2.05, 4.69) is 17.6 Å². The van der Waals surface area contributed by atoms with Gasteiger partial charge in [0.15, 0.2) is 0 Å². The lowest BCUT2D eigenvalue weighted by Gasteiger charge is -2.25. The van der Waals surface area contributed by atoms with Gasteiger partial charge in [-0.1, -0.05) is 19.8 Å². The van der Waals surface area contributed by atoms with Gasteiger partial charge in [0.25, 0.3) is 0 Å². The molecule has 1 fully saturated rings. The van der Waals surface area contributed by atoms with E-state index in [1.165, 1.54) is 6.42 Å². The predicted octanol–water partition coefficient (Wildman–Crippen LogP) is 2.68. The highest BCUT2D eigenvalue weighted by Gasteiger charge is 2.28. The Hall–Kier alpha value is -0.810. The van der Waals surface area contributed by atoms with Crippen molar-refractivity contribution in [2.75, 3.05) is 19.7 Å². The molecule has 5 nitrogen and oxygen atoms in total. The first-order valence-corrected chi connectivity index (χ1v) is 8.66. The van der Waals surface area contributed by atoms with Gasteiger partial charge >= 0.3 is 6.09 Å². The highest BCUT2D eigenvalue weighted by atomic mass is 16.6. The van der Waals surface area contributed by atoms with Crippen molar-refractivity contribution >= 4 is 6.09 Å². The fourth-order valence-electron chi connectivity index (χ4n) is 3.03. The number of carbonyl (C=O) groups is 1. The molecule has 0 spiro atoms. The van der Waals surface area contributed by atoms with E-state index in [0.29, 0.717) is 24.4 Å². The number of alkyl carbamates (subject to hydrolysis) is 1. The second-order valence-corrected chi connectivity index (χ2v) is 7.38. The molecule has 0 aromatic heterocycles. The maximum absolute atomic E-state index is 11.7. The van der Waals surface area contributed by atoms with Crippen molar-refractivity contribution in [2.45, 2.75) is 71.4 Å². The van der Waals surface area contributed by atoms with E-state index in [1.54, 1.807) is 0 Å². The van der Waals surface area contributed by atoms with Gasteiger partial charge in [0.05, 0.1) is 0 Å². The minimum atomic E-state index is -0.448. The van der Waals surface area contributed by atoms with Crippen LogP contribution in [0.3, 0.4) is 0 Å². The van der Waals surface area contributed by atoms with Crippen LogP contribution >= 0.6 is 0 Å². The summed E-state index contributed by atoms with van der Waals surface area (Å²) in [7, 11) is 0.